The molecule has 0 spiro atoms. The SMILES string of the molecule is CCC1CN(C(=NC)NCC(C)N(CC)CC)CCS1.I. The summed E-state index contributed by atoms with van der Waals surface area (Å²) in [6, 6.07) is 0.544. The monoisotopic (exact) mass is 428 g/mol. The summed E-state index contributed by atoms with van der Waals surface area (Å²) in [5, 5.41) is 4.31. The third kappa shape index (κ3) is 6.95. The average Bonchev–Trinajstić information content (AvgIpc) is 2.49. The predicted molar refractivity (Wildman–Crippen MR) is 107 cm³/mol. The number of thioether (sulfide) groups is 1. The quantitative estimate of drug-likeness (QED) is 0.401. The molecule has 126 valence electrons. The van der Waals surface area contributed by atoms with Gasteiger partial charge in [0.2, 0.25) is 0 Å². The first-order valence-electron chi connectivity index (χ1n) is 7.97. The summed E-state index contributed by atoms with van der Waals surface area (Å²) in [7, 11) is 1.90. The highest BCUT2D eigenvalue weighted by molar-refractivity contribution is 14.0. The molecule has 1 saturated heterocycles. The standard InChI is InChI=1S/C15H32N4S.HI/c1-6-14-12-19(9-10-20-14)15(16-5)17-11-13(4)18(7-2)8-3;/h13-14H,6-12H2,1-5H3,(H,16,17);1H. The number of aliphatic imine (C=N–C) groups is 1. The van der Waals surface area contributed by atoms with Crippen molar-refractivity contribution in [3.63, 3.8) is 0 Å². The lowest BCUT2D eigenvalue weighted by Gasteiger charge is -2.35. The fourth-order valence-electron chi connectivity index (χ4n) is 2.71. The van der Waals surface area contributed by atoms with Crippen LogP contribution in [0.2, 0.25) is 0 Å². The normalized spacial score (nSPS) is 21.1. The van der Waals surface area contributed by atoms with E-state index in [0.29, 0.717) is 6.04 Å². The molecule has 0 aliphatic carbocycles. The Morgan fingerprint density at radius 1 is 1.38 bits per heavy atom. The number of rotatable bonds is 6. The Morgan fingerprint density at radius 2 is 2.05 bits per heavy atom. The molecule has 1 aliphatic heterocycles. The molecular formula is C15H33IN4S. The van der Waals surface area contributed by atoms with Crippen molar-refractivity contribution in [1.29, 1.82) is 0 Å². The van der Waals surface area contributed by atoms with Crippen LogP contribution in [0.5, 0.6) is 0 Å². The zero-order valence-electron chi connectivity index (χ0n) is 14.3. The Bertz CT molecular complexity index is 297. The second-order valence-electron chi connectivity index (χ2n) is 5.35. The van der Waals surface area contributed by atoms with Crippen LogP contribution in [0.15, 0.2) is 4.99 Å². The summed E-state index contributed by atoms with van der Waals surface area (Å²) >= 11 is 2.10. The van der Waals surface area contributed by atoms with Gasteiger partial charge in [0.05, 0.1) is 0 Å². The lowest BCUT2D eigenvalue weighted by Crippen LogP contribution is -2.51. The Balaban J connectivity index is 0.00000400. The van der Waals surface area contributed by atoms with Gasteiger partial charge in [0.15, 0.2) is 5.96 Å². The molecule has 4 nitrogen and oxygen atoms in total. The van der Waals surface area contributed by atoms with E-state index in [-0.39, 0.29) is 24.0 Å². The molecule has 1 N–H and O–H groups in total. The first-order chi connectivity index (χ1) is 9.65. The van der Waals surface area contributed by atoms with Gasteiger partial charge in [-0.25, -0.2) is 0 Å². The van der Waals surface area contributed by atoms with Crippen LogP contribution in [0, 0.1) is 0 Å². The van der Waals surface area contributed by atoms with E-state index < -0.39 is 0 Å². The molecule has 0 saturated carbocycles. The maximum absolute atomic E-state index is 4.47. The molecule has 0 bridgehead atoms. The summed E-state index contributed by atoms with van der Waals surface area (Å²) in [4.78, 5) is 9.36. The van der Waals surface area contributed by atoms with Crippen LogP contribution in [-0.2, 0) is 0 Å². The summed E-state index contributed by atoms with van der Waals surface area (Å²) in [5.74, 6) is 2.29. The van der Waals surface area contributed by atoms with Gasteiger partial charge in [-0.05, 0) is 26.4 Å². The lowest BCUT2D eigenvalue weighted by atomic mass is 10.2. The summed E-state index contributed by atoms with van der Waals surface area (Å²) < 4.78 is 0. The van der Waals surface area contributed by atoms with Crippen molar-refractivity contribution in [3.8, 4) is 0 Å². The van der Waals surface area contributed by atoms with Gasteiger partial charge in [0.25, 0.3) is 0 Å². The zero-order chi connectivity index (χ0) is 15.0. The highest BCUT2D eigenvalue weighted by atomic mass is 127. The maximum Gasteiger partial charge on any atom is 0.193 e. The lowest BCUT2D eigenvalue weighted by molar-refractivity contribution is 0.230. The number of nitrogens with zero attached hydrogens (tertiary/aromatic N) is 3. The topological polar surface area (TPSA) is 30.9 Å². The molecule has 0 aromatic carbocycles. The number of likely N-dealkylation sites (N-methyl/N-ethyl adjacent to an activating group) is 1. The largest absolute Gasteiger partial charge is 0.355 e. The van der Waals surface area contributed by atoms with Crippen LogP contribution < -0.4 is 5.32 Å². The molecule has 21 heavy (non-hydrogen) atoms. The Kier molecular flexibility index (Phi) is 12.0. The molecule has 0 aromatic rings. The first kappa shape index (κ1) is 21.3. The van der Waals surface area contributed by atoms with Crippen molar-refractivity contribution in [3.05, 3.63) is 0 Å². The van der Waals surface area contributed by atoms with Crippen LogP contribution in [0.25, 0.3) is 0 Å². The van der Waals surface area contributed by atoms with E-state index in [2.05, 4.69) is 59.6 Å². The van der Waals surface area contributed by atoms with Crippen molar-refractivity contribution < 1.29 is 0 Å². The van der Waals surface area contributed by atoms with Crippen molar-refractivity contribution in [2.24, 2.45) is 4.99 Å². The number of hydrogen-bond donors (Lipinski definition) is 1. The van der Waals surface area contributed by atoms with E-state index >= 15 is 0 Å². The number of guanidine groups is 1. The van der Waals surface area contributed by atoms with Gasteiger partial charge in [0, 0.05) is 43.7 Å². The zero-order valence-corrected chi connectivity index (χ0v) is 17.4. The van der Waals surface area contributed by atoms with E-state index in [1.54, 1.807) is 0 Å². The summed E-state index contributed by atoms with van der Waals surface area (Å²) in [6.45, 7) is 14.4. The molecule has 2 atom stereocenters. The second-order valence-corrected chi connectivity index (χ2v) is 6.75. The van der Waals surface area contributed by atoms with Gasteiger partial charge in [-0.15, -0.1) is 24.0 Å². The minimum absolute atomic E-state index is 0. The number of hydrogen-bond acceptors (Lipinski definition) is 3. The number of nitrogens with one attached hydrogen (secondary N) is 1. The van der Waals surface area contributed by atoms with Crippen LogP contribution in [0.3, 0.4) is 0 Å². The third-order valence-corrected chi connectivity index (χ3v) is 5.47. The molecule has 2 unspecified atom stereocenters. The van der Waals surface area contributed by atoms with Crippen LogP contribution in [-0.4, -0.2) is 72.6 Å². The summed E-state index contributed by atoms with van der Waals surface area (Å²) in [5.41, 5.74) is 0. The van der Waals surface area contributed by atoms with E-state index in [0.717, 1.165) is 43.9 Å². The second kappa shape index (κ2) is 11.8. The van der Waals surface area contributed by atoms with Gasteiger partial charge in [-0.2, -0.15) is 11.8 Å². The van der Waals surface area contributed by atoms with Gasteiger partial charge in [-0.1, -0.05) is 20.8 Å². The fraction of sp³-hybridized carbons (Fsp3) is 0.933. The minimum Gasteiger partial charge on any atom is -0.355 e. The Morgan fingerprint density at radius 3 is 2.57 bits per heavy atom. The van der Waals surface area contributed by atoms with Crippen molar-refractivity contribution in [1.82, 2.24) is 15.1 Å². The maximum atomic E-state index is 4.47. The van der Waals surface area contributed by atoms with Gasteiger partial charge in [-0.3, -0.25) is 9.89 Å². The molecule has 0 radical (unpaired) electrons. The predicted octanol–water partition coefficient (Wildman–Crippen LogP) is 2.74. The fourth-order valence-corrected chi connectivity index (χ4v) is 3.89. The van der Waals surface area contributed by atoms with Crippen molar-refractivity contribution in [2.75, 3.05) is 45.5 Å². The van der Waals surface area contributed by atoms with Crippen LogP contribution in [0.1, 0.15) is 34.1 Å². The average molecular weight is 428 g/mol. The molecule has 6 heteroatoms. The molecular weight excluding hydrogens is 395 g/mol. The minimum atomic E-state index is 0. The van der Waals surface area contributed by atoms with E-state index in [1.165, 1.54) is 12.2 Å². The Labute approximate surface area is 152 Å². The van der Waals surface area contributed by atoms with Crippen LogP contribution in [0.4, 0.5) is 0 Å². The smallest absolute Gasteiger partial charge is 0.193 e. The molecule has 1 fully saturated rings. The van der Waals surface area contributed by atoms with Gasteiger partial charge in [0.1, 0.15) is 0 Å². The molecule has 1 aliphatic rings. The molecule has 1 rings (SSSR count). The van der Waals surface area contributed by atoms with Gasteiger partial charge >= 0.3 is 0 Å². The van der Waals surface area contributed by atoms with Crippen molar-refractivity contribution in [2.45, 2.75) is 45.4 Å². The molecule has 0 amide bonds. The van der Waals surface area contributed by atoms with Crippen LogP contribution >= 0.6 is 35.7 Å². The van der Waals surface area contributed by atoms with E-state index in [1.807, 2.05) is 7.05 Å². The highest BCUT2D eigenvalue weighted by Gasteiger charge is 2.22. The van der Waals surface area contributed by atoms with Crippen molar-refractivity contribution >= 4 is 41.7 Å². The van der Waals surface area contributed by atoms with E-state index in [9.17, 15) is 0 Å². The third-order valence-electron chi connectivity index (χ3n) is 4.10. The number of halogens is 1. The summed E-state index contributed by atoms with van der Waals surface area (Å²) in [6.07, 6.45) is 1.24. The molecule has 1 heterocycles. The first-order valence-corrected chi connectivity index (χ1v) is 9.02. The Hall–Kier alpha value is 0.310. The molecule has 0 aromatic heterocycles. The highest BCUT2D eigenvalue weighted by Crippen LogP contribution is 2.20. The van der Waals surface area contributed by atoms with Gasteiger partial charge < -0.3 is 10.2 Å². The van der Waals surface area contributed by atoms with E-state index in [4.69, 9.17) is 0 Å².